The van der Waals surface area contributed by atoms with Gasteiger partial charge in [-0.05, 0) is 51.3 Å². The van der Waals surface area contributed by atoms with Crippen LogP contribution in [0.2, 0.25) is 0 Å². The third-order valence-electron chi connectivity index (χ3n) is 4.78. The van der Waals surface area contributed by atoms with Gasteiger partial charge in [-0.3, -0.25) is 4.98 Å². The molecule has 0 bridgehead atoms. The van der Waals surface area contributed by atoms with Crippen molar-refractivity contribution in [2.45, 2.75) is 57.1 Å². The Hall–Kier alpha value is -0.930. The lowest BCUT2D eigenvalue weighted by molar-refractivity contribution is -0.0362. The largest absolute Gasteiger partial charge is 0.377 e. The predicted molar refractivity (Wildman–Crippen MR) is 78.5 cm³/mol. The average molecular weight is 262 g/mol. The van der Waals surface area contributed by atoms with Crippen LogP contribution in [0, 0.1) is 0 Å². The monoisotopic (exact) mass is 262 g/mol. The fraction of sp³-hybridized carbons (Fsp3) is 0.688. The first-order valence-corrected chi connectivity index (χ1v) is 7.32. The Kier molecular flexibility index (Phi) is 4.58. The van der Waals surface area contributed by atoms with Crippen LogP contribution in [-0.2, 0) is 11.2 Å². The number of hydrogen-bond acceptors (Lipinski definition) is 3. The number of likely N-dealkylation sites (N-methyl/N-ethyl adjacent to an activating group) is 1. The fourth-order valence-corrected chi connectivity index (χ4v) is 3.39. The van der Waals surface area contributed by atoms with E-state index in [0.29, 0.717) is 12.0 Å². The molecule has 1 aromatic heterocycles. The van der Waals surface area contributed by atoms with Crippen molar-refractivity contribution in [1.29, 1.82) is 0 Å². The second kappa shape index (κ2) is 6.02. The molecule has 3 heteroatoms. The van der Waals surface area contributed by atoms with Gasteiger partial charge >= 0.3 is 0 Å². The number of nitrogens with one attached hydrogen (secondary N) is 1. The normalized spacial score (nSPS) is 23.5. The van der Waals surface area contributed by atoms with Crippen LogP contribution < -0.4 is 5.32 Å². The van der Waals surface area contributed by atoms with Gasteiger partial charge in [-0.2, -0.15) is 0 Å². The third-order valence-corrected chi connectivity index (χ3v) is 4.78. The Morgan fingerprint density at radius 1 is 1.58 bits per heavy atom. The first-order valence-electron chi connectivity index (χ1n) is 7.32. The van der Waals surface area contributed by atoms with Gasteiger partial charge in [0, 0.05) is 31.0 Å². The third kappa shape index (κ3) is 2.67. The first kappa shape index (κ1) is 14.5. The lowest BCUT2D eigenvalue weighted by atomic mass is 9.75. The van der Waals surface area contributed by atoms with E-state index in [9.17, 15) is 0 Å². The van der Waals surface area contributed by atoms with E-state index < -0.39 is 0 Å². The summed E-state index contributed by atoms with van der Waals surface area (Å²) in [6.45, 7) is 4.39. The van der Waals surface area contributed by atoms with E-state index in [1.54, 1.807) is 0 Å². The van der Waals surface area contributed by atoms with Crippen LogP contribution in [0.1, 0.15) is 50.3 Å². The van der Waals surface area contributed by atoms with Crippen molar-refractivity contribution >= 4 is 0 Å². The topological polar surface area (TPSA) is 34.1 Å². The van der Waals surface area contributed by atoms with Gasteiger partial charge in [0.2, 0.25) is 0 Å². The highest BCUT2D eigenvalue weighted by Crippen LogP contribution is 2.37. The molecule has 0 aromatic carbocycles. The Labute approximate surface area is 116 Å². The predicted octanol–water partition coefficient (Wildman–Crippen LogP) is 2.90. The Morgan fingerprint density at radius 2 is 2.37 bits per heavy atom. The zero-order chi connectivity index (χ0) is 13.9. The Balaban J connectivity index is 2.35. The van der Waals surface area contributed by atoms with Crippen molar-refractivity contribution in [1.82, 2.24) is 10.3 Å². The van der Waals surface area contributed by atoms with E-state index in [1.807, 2.05) is 26.4 Å². The molecule has 106 valence electrons. The molecule has 2 rings (SSSR count). The van der Waals surface area contributed by atoms with Crippen LogP contribution in [0.25, 0.3) is 0 Å². The van der Waals surface area contributed by atoms with Crippen LogP contribution in [0.3, 0.4) is 0 Å². The van der Waals surface area contributed by atoms with Crippen molar-refractivity contribution in [3.8, 4) is 0 Å². The molecular weight excluding hydrogens is 236 g/mol. The van der Waals surface area contributed by atoms with Crippen molar-refractivity contribution in [2.75, 3.05) is 14.2 Å². The molecule has 3 unspecified atom stereocenters. The number of ether oxygens (including phenoxy) is 1. The standard InChI is InChI=1S/C16H26N2O/c1-5-16(2,19-4)15(17-3)13-10-6-8-12-9-7-11-18-14(12)13/h7,9,11,13,15,17H,5-6,8,10H2,1-4H3. The van der Waals surface area contributed by atoms with Crippen molar-refractivity contribution < 1.29 is 4.74 Å². The van der Waals surface area contributed by atoms with Gasteiger partial charge in [0.15, 0.2) is 0 Å². The van der Waals surface area contributed by atoms with E-state index in [-0.39, 0.29) is 5.60 Å². The number of rotatable bonds is 5. The summed E-state index contributed by atoms with van der Waals surface area (Å²) >= 11 is 0. The molecule has 3 atom stereocenters. The zero-order valence-electron chi connectivity index (χ0n) is 12.6. The second-order valence-corrected chi connectivity index (χ2v) is 5.68. The van der Waals surface area contributed by atoms with E-state index in [2.05, 4.69) is 30.2 Å². The van der Waals surface area contributed by atoms with Gasteiger partial charge in [-0.1, -0.05) is 13.0 Å². The van der Waals surface area contributed by atoms with Crippen LogP contribution in [0.5, 0.6) is 0 Å². The molecule has 0 saturated heterocycles. The molecule has 1 aliphatic rings. The molecule has 0 fully saturated rings. The zero-order valence-corrected chi connectivity index (χ0v) is 12.6. The number of methoxy groups -OCH3 is 1. The van der Waals surface area contributed by atoms with Crippen molar-refractivity contribution in [2.24, 2.45) is 0 Å². The molecule has 1 aromatic rings. The van der Waals surface area contributed by atoms with Gasteiger partial charge in [-0.15, -0.1) is 0 Å². The number of pyridine rings is 1. The summed E-state index contributed by atoms with van der Waals surface area (Å²) in [5.41, 5.74) is 2.53. The summed E-state index contributed by atoms with van der Waals surface area (Å²) < 4.78 is 5.82. The molecule has 0 spiro atoms. The fourth-order valence-electron chi connectivity index (χ4n) is 3.39. The maximum absolute atomic E-state index is 5.82. The maximum Gasteiger partial charge on any atom is 0.0806 e. The first-order chi connectivity index (χ1) is 9.16. The van der Waals surface area contributed by atoms with Crippen LogP contribution >= 0.6 is 0 Å². The number of hydrogen-bond donors (Lipinski definition) is 1. The molecule has 0 aliphatic heterocycles. The Morgan fingerprint density at radius 3 is 3.00 bits per heavy atom. The number of aromatic nitrogens is 1. The van der Waals surface area contributed by atoms with Crippen LogP contribution in [0.15, 0.2) is 18.3 Å². The molecule has 1 heterocycles. The van der Waals surface area contributed by atoms with Crippen molar-refractivity contribution in [3.63, 3.8) is 0 Å². The molecule has 0 amide bonds. The minimum absolute atomic E-state index is 0.147. The molecular formula is C16H26N2O. The summed E-state index contributed by atoms with van der Waals surface area (Å²) in [6.07, 6.45) is 6.50. The summed E-state index contributed by atoms with van der Waals surface area (Å²) in [5, 5.41) is 3.49. The van der Waals surface area contributed by atoms with Gasteiger partial charge < -0.3 is 10.1 Å². The lowest BCUT2D eigenvalue weighted by Crippen LogP contribution is -2.52. The smallest absolute Gasteiger partial charge is 0.0806 e. The van der Waals surface area contributed by atoms with Crippen LogP contribution in [-0.4, -0.2) is 30.8 Å². The minimum Gasteiger partial charge on any atom is -0.377 e. The summed E-state index contributed by atoms with van der Waals surface area (Å²) in [7, 11) is 3.85. The highest BCUT2D eigenvalue weighted by atomic mass is 16.5. The number of fused-ring (bicyclic) bond motifs is 1. The minimum atomic E-state index is -0.147. The molecule has 19 heavy (non-hydrogen) atoms. The van der Waals surface area contributed by atoms with Crippen molar-refractivity contribution in [3.05, 3.63) is 29.6 Å². The molecule has 0 radical (unpaired) electrons. The molecule has 1 aliphatic carbocycles. The van der Waals surface area contributed by atoms with E-state index >= 15 is 0 Å². The SMILES string of the molecule is CCC(C)(OC)C(NC)C1CCCc2cccnc21. The number of aryl methyl sites for hydroxylation is 1. The van der Waals surface area contributed by atoms with Gasteiger partial charge in [0.1, 0.15) is 0 Å². The van der Waals surface area contributed by atoms with Crippen LogP contribution in [0.4, 0.5) is 0 Å². The van der Waals surface area contributed by atoms with Gasteiger partial charge in [0.25, 0.3) is 0 Å². The number of nitrogens with zero attached hydrogens (tertiary/aromatic N) is 1. The highest BCUT2D eigenvalue weighted by Gasteiger charge is 2.40. The van der Waals surface area contributed by atoms with E-state index in [0.717, 1.165) is 12.8 Å². The molecule has 3 nitrogen and oxygen atoms in total. The van der Waals surface area contributed by atoms with Gasteiger partial charge in [0.05, 0.1) is 5.60 Å². The summed E-state index contributed by atoms with van der Waals surface area (Å²) in [5.74, 6) is 0.444. The maximum atomic E-state index is 5.82. The highest BCUT2D eigenvalue weighted by molar-refractivity contribution is 5.28. The average Bonchev–Trinajstić information content (AvgIpc) is 2.48. The second-order valence-electron chi connectivity index (χ2n) is 5.68. The lowest BCUT2D eigenvalue weighted by Gasteiger charge is -2.42. The van der Waals surface area contributed by atoms with E-state index in [4.69, 9.17) is 4.74 Å². The van der Waals surface area contributed by atoms with E-state index in [1.165, 1.54) is 24.1 Å². The summed E-state index contributed by atoms with van der Waals surface area (Å²) in [6, 6.07) is 4.57. The quantitative estimate of drug-likeness (QED) is 0.886. The molecule has 0 saturated carbocycles. The van der Waals surface area contributed by atoms with Gasteiger partial charge in [-0.25, -0.2) is 0 Å². The Bertz CT molecular complexity index is 415. The summed E-state index contributed by atoms with van der Waals surface area (Å²) in [4.78, 5) is 4.66. The molecule has 1 N–H and O–H groups in total.